The number of aliphatic hydroxyl groups is 1. The number of halogens is 1. The molecule has 0 unspecified atom stereocenters. The summed E-state index contributed by atoms with van der Waals surface area (Å²) in [7, 11) is 0. The molecule has 1 aromatic carbocycles. The summed E-state index contributed by atoms with van der Waals surface area (Å²) in [6.07, 6.45) is 5.01. The molecule has 8 heteroatoms. The Bertz CT molecular complexity index is 611. The molecule has 26 heavy (non-hydrogen) atoms. The number of rotatable bonds is 7. The van der Waals surface area contributed by atoms with E-state index in [0.717, 1.165) is 5.75 Å². The van der Waals surface area contributed by atoms with Crippen molar-refractivity contribution in [2.24, 2.45) is 11.7 Å². The van der Waals surface area contributed by atoms with Crippen LogP contribution >= 0.6 is 23.4 Å². The number of thioether (sulfide) groups is 1. The van der Waals surface area contributed by atoms with Crippen LogP contribution < -0.4 is 16.6 Å². The summed E-state index contributed by atoms with van der Waals surface area (Å²) in [6.45, 7) is 0. The van der Waals surface area contributed by atoms with Crippen molar-refractivity contribution in [3.8, 4) is 0 Å². The molecule has 144 valence electrons. The molecule has 1 aliphatic rings. The topological polar surface area (TPSA) is 104 Å². The van der Waals surface area contributed by atoms with Gasteiger partial charge in [-0.15, -0.1) is 0 Å². The first-order valence-corrected chi connectivity index (χ1v) is 10.4. The highest BCUT2D eigenvalue weighted by Gasteiger charge is 2.24. The molecule has 1 aliphatic carbocycles. The second-order valence-corrected chi connectivity index (χ2v) is 8.12. The van der Waals surface area contributed by atoms with Crippen molar-refractivity contribution in [3.63, 3.8) is 0 Å². The largest absolute Gasteiger partial charge is 0.382 e. The Morgan fingerprint density at radius 1 is 1.27 bits per heavy atom. The van der Waals surface area contributed by atoms with Crippen molar-refractivity contribution >= 4 is 35.2 Å². The zero-order chi connectivity index (χ0) is 18.9. The number of carbonyl (C=O) groups excluding carboxylic acids is 2. The van der Waals surface area contributed by atoms with Crippen LogP contribution in [-0.4, -0.2) is 40.6 Å². The highest BCUT2D eigenvalue weighted by molar-refractivity contribution is 7.99. The highest BCUT2D eigenvalue weighted by atomic mass is 35.5. The maximum Gasteiger partial charge on any atom is 0.269 e. The molecule has 0 spiro atoms. The van der Waals surface area contributed by atoms with Crippen molar-refractivity contribution < 1.29 is 14.7 Å². The number of hydrogen-bond donors (Lipinski definition) is 4. The minimum atomic E-state index is -1.38. The molecule has 0 aromatic heterocycles. The molecule has 0 heterocycles. The molecular weight excluding hydrogens is 374 g/mol. The van der Waals surface area contributed by atoms with E-state index in [4.69, 9.17) is 17.3 Å². The number of hydrazine groups is 1. The van der Waals surface area contributed by atoms with Gasteiger partial charge in [0.1, 0.15) is 6.10 Å². The third kappa shape index (κ3) is 6.79. The van der Waals surface area contributed by atoms with Crippen LogP contribution in [0.1, 0.15) is 42.5 Å². The molecule has 2 rings (SSSR count). The fourth-order valence-electron chi connectivity index (χ4n) is 2.90. The standard InChI is InChI=1S/C18H26ClN3O3S/c19-14-8-4-7-13(9-14)17(24)21-22-18(25)16(23)15(20)11-26-10-12-5-2-1-3-6-12/h4,7-9,12,15-16,23H,1-3,5-6,10-11,20H2,(H,21,24)(H,22,25)/t15-,16+/m1/s1. The number of hydrogen-bond acceptors (Lipinski definition) is 5. The normalized spacial score (nSPS) is 17.3. The van der Waals surface area contributed by atoms with E-state index in [0.29, 0.717) is 22.3 Å². The molecule has 1 fully saturated rings. The van der Waals surface area contributed by atoms with Crippen molar-refractivity contribution in [2.45, 2.75) is 44.2 Å². The lowest BCUT2D eigenvalue weighted by Crippen LogP contribution is -2.52. The van der Waals surface area contributed by atoms with Crippen LogP contribution in [0.5, 0.6) is 0 Å². The molecule has 1 saturated carbocycles. The Morgan fingerprint density at radius 2 is 2.00 bits per heavy atom. The Hall–Kier alpha value is -1.28. The van der Waals surface area contributed by atoms with Crippen LogP contribution in [0.15, 0.2) is 24.3 Å². The highest BCUT2D eigenvalue weighted by Crippen LogP contribution is 2.26. The van der Waals surface area contributed by atoms with E-state index in [1.165, 1.54) is 38.2 Å². The molecule has 0 aliphatic heterocycles. The minimum absolute atomic E-state index is 0.305. The van der Waals surface area contributed by atoms with E-state index >= 15 is 0 Å². The van der Waals surface area contributed by atoms with Crippen LogP contribution in [0.2, 0.25) is 5.02 Å². The van der Waals surface area contributed by atoms with E-state index < -0.39 is 24.0 Å². The van der Waals surface area contributed by atoms with Crippen LogP contribution in [0, 0.1) is 5.92 Å². The van der Waals surface area contributed by atoms with E-state index in [9.17, 15) is 14.7 Å². The summed E-state index contributed by atoms with van der Waals surface area (Å²) in [5, 5.41) is 10.4. The van der Waals surface area contributed by atoms with Gasteiger partial charge in [0.15, 0.2) is 0 Å². The Morgan fingerprint density at radius 3 is 2.69 bits per heavy atom. The van der Waals surface area contributed by atoms with Crippen LogP contribution in [0.25, 0.3) is 0 Å². The Balaban J connectivity index is 1.69. The monoisotopic (exact) mass is 399 g/mol. The number of amides is 2. The number of benzene rings is 1. The van der Waals surface area contributed by atoms with E-state index in [1.54, 1.807) is 30.0 Å². The van der Waals surface area contributed by atoms with E-state index in [2.05, 4.69) is 10.9 Å². The first kappa shape index (κ1) is 21.0. The van der Waals surface area contributed by atoms with Crippen molar-refractivity contribution in [2.75, 3.05) is 11.5 Å². The second-order valence-electron chi connectivity index (χ2n) is 6.60. The Labute approximate surface area is 163 Å². The predicted octanol–water partition coefficient (Wildman–Crippen LogP) is 2.10. The fraction of sp³-hybridized carbons (Fsp3) is 0.556. The Kier molecular flexibility index (Phi) is 8.71. The lowest BCUT2D eigenvalue weighted by atomic mass is 9.91. The molecule has 2 amide bonds. The van der Waals surface area contributed by atoms with Gasteiger partial charge in [0.2, 0.25) is 0 Å². The lowest BCUT2D eigenvalue weighted by molar-refractivity contribution is -0.130. The summed E-state index contributed by atoms with van der Waals surface area (Å²) in [5.41, 5.74) is 10.7. The average molecular weight is 400 g/mol. The first-order chi connectivity index (χ1) is 12.5. The molecule has 6 nitrogen and oxygen atoms in total. The summed E-state index contributed by atoms with van der Waals surface area (Å²) in [5.74, 6) is 0.962. The van der Waals surface area contributed by atoms with Gasteiger partial charge in [-0.2, -0.15) is 11.8 Å². The maximum atomic E-state index is 12.0. The molecule has 0 bridgehead atoms. The fourth-order valence-corrected chi connectivity index (χ4v) is 4.35. The number of aliphatic hydroxyl groups excluding tert-OH is 1. The lowest BCUT2D eigenvalue weighted by Gasteiger charge is -2.23. The zero-order valence-electron chi connectivity index (χ0n) is 14.6. The van der Waals surface area contributed by atoms with Crippen LogP contribution in [0.3, 0.4) is 0 Å². The van der Waals surface area contributed by atoms with Gasteiger partial charge in [0.05, 0.1) is 0 Å². The van der Waals surface area contributed by atoms with Gasteiger partial charge >= 0.3 is 0 Å². The number of nitrogens with one attached hydrogen (secondary N) is 2. The van der Waals surface area contributed by atoms with Gasteiger partial charge in [-0.3, -0.25) is 20.4 Å². The van der Waals surface area contributed by atoms with E-state index in [-0.39, 0.29) is 0 Å². The van der Waals surface area contributed by atoms with Crippen molar-refractivity contribution in [1.82, 2.24) is 10.9 Å². The molecule has 2 atom stereocenters. The molecule has 1 aromatic rings. The number of carbonyl (C=O) groups is 2. The van der Waals surface area contributed by atoms with Crippen molar-refractivity contribution in [3.05, 3.63) is 34.9 Å². The third-order valence-electron chi connectivity index (χ3n) is 4.45. The van der Waals surface area contributed by atoms with Gasteiger partial charge in [0, 0.05) is 22.4 Å². The summed E-state index contributed by atoms with van der Waals surface area (Å²) >= 11 is 7.49. The van der Waals surface area contributed by atoms with Gasteiger partial charge in [-0.05, 0) is 42.7 Å². The van der Waals surface area contributed by atoms with Gasteiger partial charge in [-0.1, -0.05) is 36.9 Å². The van der Waals surface area contributed by atoms with Crippen LogP contribution in [0.4, 0.5) is 0 Å². The zero-order valence-corrected chi connectivity index (χ0v) is 16.2. The molecule has 0 radical (unpaired) electrons. The van der Waals surface area contributed by atoms with Gasteiger partial charge in [0.25, 0.3) is 11.8 Å². The summed E-state index contributed by atoms with van der Waals surface area (Å²) < 4.78 is 0. The third-order valence-corrected chi connectivity index (χ3v) is 6.01. The average Bonchev–Trinajstić information content (AvgIpc) is 2.66. The summed E-state index contributed by atoms with van der Waals surface area (Å²) in [4.78, 5) is 23.9. The summed E-state index contributed by atoms with van der Waals surface area (Å²) in [6, 6.07) is 5.63. The number of nitrogens with two attached hydrogens (primary N) is 1. The van der Waals surface area contributed by atoms with Crippen molar-refractivity contribution in [1.29, 1.82) is 0 Å². The quantitative estimate of drug-likeness (QED) is 0.525. The predicted molar refractivity (Wildman–Crippen MR) is 105 cm³/mol. The van der Waals surface area contributed by atoms with Crippen LogP contribution in [-0.2, 0) is 4.79 Å². The van der Waals surface area contributed by atoms with Gasteiger partial charge < -0.3 is 10.8 Å². The molecular formula is C18H26ClN3O3S. The first-order valence-electron chi connectivity index (χ1n) is 8.84. The smallest absolute Gasteiger partial charge is 0.269 e. The van der Waals surface area contributed by atoms with Gasteiger partial charge in [-0.25, -0.2) is 0 Å². The minimum Gasteiger partial charge on any atom is -0.382 e. The molecule has 5 N–H and O–H groups in total. The molecule has 0 saturated heterocycles. The maximum absolute atomic E-state index is 12.0. The SMILES string of the molecule is N[C@H](CSCC1CCCCC1)[C@H](O)C(=O)NNC(=O)c1cccc(Cl)c1. The second kappa shape index (κ2) is 10.8. The van der Waals surface area contributed by atoms with E-state index in [1.807, 2.05) is 0 Å².